The molecule has 0 aliphatic heterocycles. The number of nitrogens with zero attached hydrogens (tertiary/aromatic N) is 1. The Hall–Kier alpha value is -1.72. The van der Waals surface area contributed by atoms with E-state index in [4.69, 9.17) is 5.73 Å². The molecular formula is C14H17F3N2O. The van der Waals surface area contributed by atoms with Gasteiger partial charge in [0.05, 0.1) is 5.69 Å². The fourth-order valence-electron chi connectivity index (χ4n) is 2.36. The fraction of sp³-hybridized carbons (Fsp3) is 0.500. The van der Waals surface area contributed by atoms with E-state index >= 15 is 0 Å². The predicted molar refractivity (Wildman–Crippen MR) is 71.0 cm³/mol. The standard InChI is InChI=1S/C14H17F3N2O/c15-14(16,17)20-12-8-6-11(7-9-12)19-13(18)10-4-2-1-3-5-10/h6-10H,1-5H2,(H2,18,19). The molecule has 1 aliphatic carbocycles. The second-order valence-electron chi connectivity index (χ2n) is 4.91. The third-order valence-electron chi connectivity index (χ3n) is 3.35. The molecule has 20 heavy (non-hydrogen) atoms. The molecule has 0 bridgehead atoms. The first kappa shape index (κ1) is 14.7. The summed E-state index contributed by atoms with van der Waals surface area (Å²) in [6, 6.07) is 5.41. The average molecular weight is 286 g/mol. The van der Waals surface area contributed by atoms with Crippen molar-refractivity contribution in [3.63, 3.8) is 0 Å². The Kier molecular flexibility index (Phi) is 4.52. The Morgan fingerprint density at radius 1 is 1.10 bits per heavy atom. The number of alkyl halides is 3. The van der Waals surface area contributed by atoms with Crippen molar-refractivity contribution in [2.75, 3.05) is 0 Å². The maximum atomic E-state index is 12.0. The number of nitrogens with two attached hydrogens (primary N) is 1. The molecule has 110 valence electrons. The number of hydrogen-bond donors (Lipinski definition) is 1. The number of hydrogen-bond acceptors (Lipinski definition) is 2. The lowest BCUT2D eigenvalue weighted by Crippen LogP contribution is -2.25. The molecule has 1 saturated carbocycles. The second kappa shape index (κ2) is 6.15. The van der Waals surface area contributed by atoms with Crippen molar-refractivity contribution in [3.05, 3.63) is 24.3 Å². The van der Waals surface area contributed by atoms with Crippen LogP contribution in [0.2, 0.25) is 0 Å². The minimum Gasteiger partial charge on any atom is -0.406 e. The summed E-state index contributed by atoms with van der Waals surface area (Å²) >= 11 is 0. The van der Waals surface area contributed by atoms with Crippen LogP contribution in [-0.2, 0) is 0 Å². The number of amidine groups is 1. The molecule has 1 aromatic rings. The van der Waals surface area contributed by atoms with E-state index in [1.807, 2.05) is 0 Å². The van der Waals surface area contributed by atoms with E-state index in [0.717, 1.165) is 25.7 Å². The Bertz CT molecular complexity index is 462. The molecule has 0 amide bonds. The molecule has 0 unspecified atom stereocenters. The van der Waals surface area contributed by atoms with Gasteiger partial charge >= 0.3 is 6.36 Å². The second-order valence-corrected chi connectivity index (χ2v) is 4.91. The number of aliphatic imine (C=N–C) groups is 1. The van der Waals surface area contributed by atoms with E-state index in [1.165, 1.54) is 30.7 Å². The lowest BCUT2D eigenvalue weighted by molar-refractivity contribution is -0.274. The molecule has 0 spiro atoms. The van der Waals surface area contributed by atoms with E-state index in [-0.39, 0.29) is 11.7 Å². The van der Waals surface area contributed by atoms with Gasteiger partial charge in [-0.3, -0.25) is 0 Å². The molecule has 0 heterocycles. The minimum absolute atomic E-state index is 0.257. The highest BCUT2D eigenvalue weighted by Gasteiger charge is 2.30. The number of ether oxygens (including phenoxy) is 1. The van der Waals surface area contributed by atoms with Crippen molar-refractivity contribution in [3.8, 4) is 5.75 Å². The zero-order valence-electron chi connectivity index (χ0n) is 11.0. The summed E-state index contributed by atoms with van der Waals surface area (Å²) in [5, 5.41) is 0. The van der Waals surface area contributed by atoms with Crippen LogP contribution in [0.15, 0.2) is 29.3 Å². The summed E-state index contributed by atoms with van der Waals surface area (Å²) < 4.78 is 39.9. The van der Waals surface area contributed by atoms with E-state index in [2.05, 4.69) is 9.73 Å². The van der Waals surface area contributed by atoms with Crippen molar-refractivity contribution in [2.45, 2.75) is 38.5 Å². The number of rotatable bonds is 3. The molecular weight excluding hydrogens is 269 g/mol. The first-order valence-electron chi connectivity index (χ1n) is 6.64. The highest BCUT2D eigenvalue weighted by atomic mass is 19.4. The van der Waals surface area contributed by atoms with Gasteiger partial charge < -0.3 is 10.5 Å². The third-order valence-corrected chi connectivity index (χ3v) is 3.35. The van der Waals surface area contributed by atoms with Crippen LogP contribution in [0, 0.1) is 5.92 Å². The summed E-state index contributed by atoms with van der Waals surface area (Å²) in [6.45, 7) is 0. The Balaban J connectivity index is 2.02. The van der Waals surface area contributed by atoms with Gasteiger partial charge in [-0.2, -0.15) is 0 Å². The van der Waals surface area contributed by atoms with Crippen molar-refractivity contribution in [1.29, 1.82) is 0 Å². The zero-order valence-corrected chi connectivity index (χ0v) is 11.0. The maximum absolute atomic E-state index is 12.0. The van der Waals surface area contributed by atoms with Gasteiger partial charge in [0.2, 0.25) is 0 Å². The Labute approximate surface area is 115 Å². The molecule has 1 aliphatic rings. The van der Waals surface area contributed by atoms with Crippen molar-refractivity contribution in [2.24, 2.45) is 16.6 Å². The van der Waals surface area contributed by atoms with Gasteiger partial charge in [0, 0.05) is 5.92 Å². The SMILES string of the molecule is NC(=Nc1ccc(OC(F)(F)F)cc1)C1CCCCC1. The molecule has 2 N–H and O–H groups in total. The largest absolute Gasteiger partial charge is 0.573 e. The lowest BCUT2D eigenvalue weighted by atomic mass is 9.88. The number of benzene rings is 1. The van der Waals surface area contributed by atoms with E-state index < -0.39 is 6.36 Å². The molecule has 6 heteroatoms. The normalized spacial score (nSPS) is 18.1. The van der Waals surface area contributed by atoms with E-state index in [1.54, 1.807) is 0 Å². The maximum Gasteiger partial charge on any atom is 0.573 e. The quantitative estimate of drug-likeness (QED) is 0.670. The van der Waals surface area contributed by atoms with Gasteiger partial charge in [-0.15, -0.1) is 13.2 Å². The zero-order chi connectivity index (χ0) is 14.6. The van der Waals surface area contributed by atoms with Gasteiger partial charge in [0.15, 0.2) is 0 Å². The first-order chi connectivity index (χ1) is 9.44. The van der Waals surface area contributed by atoms with Crippen LogP contribution < -0.4 is 10.5 Å². The molecule has 3 nitrogen and oxygen atoms in total. The molecule has 1 fully saturated rings. The van der Waals surface area contributed by atoms with Crippen molar-refractivity contribution >= 4 is 11.5 Å². The van der Waals surface area contributed by atoms with Gasteiger partial charge in [-0.05, 0) is 37.1 Å². The van der Waals surface area contributed by atoms with Crippen LogP contribution in [0.3, 0.4) is 0 Å². The number of halogens is 3. The van der Waals surface area contributed by atoms with Crippen LogP contribution in [0.25, 0.3) is 0 Å². The first-order valence-corrected chi connectivity index (χ1v) is 6.64. The van der Waals surface area contributed by atoms with Crippen LogP contribution >= 0.6 is 0 Å². The van der Waals surface area contributed by atoms with E-state index in [0.29, 0.717) is 11.5 Å². The third kappa shape index (κ3) is 4.43. The highest BCUT2D eigenvalue weighted by molar-refractivity contribution is 5.85. The van der Waals surface area contributed by atoms with Gasteiger partial charge in [0.25, 0.3) is 0 Å². The van der Waals surface area contributed by atoms with Crippen LogP contribution in [0.5, 0.6) is 5.75 Å². The predicted octanol–water partition coefficient (Wildman–Crippen LogP) is 4.15. The minimum atomic E-state index is -4.67. The smallest absolute Gasteiger partial charge is 0.406 e. The summed E-state index contributed by atoms with van der Waals surface area (Å²) in [5.74, 6) is 0.594. The molecule has 0 aromatic heterocycles. The van der Waals surface area contributed by atoms with Gasteiger partial charge in [-0.25, -0.2) is 4.99 Å². The fourth-order valence-corrected chi connectivity index (χ4v) is 2.36. The van der Waals surface area contributed by atoms with Crippen LogP contribution in [0.4, 0.5) is 18.9 Å². The summed E-state index contributed by atoms with van der Waals surface area (Å²) in [4.78, 5) is 4.28. The topological polar surface area (TPSA) is 47.6 Å². The van der Waals surface area contributed by atoms with Crippen LogP contribution in [-0.4, -0.2) is 12.2 Å². The van der Waals surface area contributed by atoms with Crippen molar-refractivity contribution in [1.82, 2.24) is 0 Å². The Morgan fingerprint density at radius 3 is 2.25 bits per heavy atom. The molecule has 1 aromatic carbocycles. The Morgan fingerprint density at radius 2 is 1.70 bits per heavy atom. The molecule has 0 atom stereocenters. The van der Waals surface area contributed by atoms with Gasteiger partial charge in [0.1, 0.15) is 11.6 Å². The van der Waals surface area contributed by atoms with E-state index in [9.17, 15) is 13.2 Å². The summed E-state index contributed by atoms with van der Waals surface area (Å²) in [5.41, 5.74) is 6.50. The molecule has 0 radical (unpaired) electrons. The average Bonchev–Trinajstić information content (AvgIpc) is 2.40. The molecule has 0 saturated heterocycles. The van der Waals surface area contributed by atoms with Gasteiger partial charge in [-0.1, -0.05) is 19.3 Å². The van der Waals surface area contributed by atoms with Crippen molar-refractivity contribution < 1.29 is 17.9 Å². The molecule has 2 rings (SSSR count). The monoisotopic (exact) mass is 286 g/mol. The summed E-state index contributed by atoms with van der Waals surface area (Å²) in [6.07, 6.45) is 0.923. The van der Waals surface area contributed by atoms with Crippen LogP contribution in [0.1, 0.15) is 32.1 Å². The lowest BCUT2D eigenvalue weighted by Gasteiger charge is -2.20. The highest BCUT2D eigenvalue weighted by Crippen LogP contribution is 2.27. The summed E-state index contributed by atoms with van der Waals surface area (Å²) in [7, 11) is 0.